The molecule has 1 aromatic rings. The van der Waals surface area contributed by atoms with Gasteiger partial charge < -0.3 is 5.11 Å². The van der Waals surface area contributed by atoms with Crippen molar-refractivity contribution in [2.24, 2.45) is 0 Å². The average Bonchev–Trinajstić information content (AvgIpc) is 2.49. The van der Waals surface area contributed by atoms with Gasteiger partial charge in [-0.25, -0.2) is 9.59 Å². The number of rotatable bonds is 8. The van der Waals surface area contributed by atoms with Gasteiger partial charge in [0.15, 0.2) is 0 Å². The average molecular weight is 294 g/mol. The van der Waals surface area contributed by atoms with Gasteiger partial charge in [-0.2, -0.15) is 5.26 Å². The molecule has 0 fully saturated rings. The number of hydrogen-bond acceptors (Lipinski definition) is 4. The van der Waals surface area contributed by atoms with Crippen LogP contribution in [0.15, 0.2) is 12.1 Å². The predicted molar refractivity (Wildman–Crippen MR) is 78.7 cm³/mol. The van der Waals surface area contributed by atoms with Crippen molar-refractivity contribution in [1.82, 2.24) is 0 Å². The van der Waals surface area contributed by atoms with Gasteiger partial charge in [0.05, 0.1) is 11.1 Å². The first-order valence-corrected chi connectivity index (χ1v) is 7.30. The van der Waals surface area contributed by atoms with Crippen molar-refractivity contribution < 1.29 is 24.8 Å². The predicted octanol–water partition coefficient (Wildman–Crippen LogP) is 3.70. The van der Waals surface area contributed by atoms with Gasteiger partial charge >= 0.3 is 11.9 Å². The minimum Gasteiger partial charge on any atom is -0.478 e. The molecule has 1 aromatic carbocycles. The summed E-state index contributed by atoms with van der Waals surface area (Å²) in [6, 6.07) is 3.18. The molecule has 2 N–H and O–H groups in total. The Morgan fingerprint density at radius 1 is 1.10 bits per heavy atom. The van der Waals surface area contributed by atoms with Crippen LogP contribution < -0.4 is 0 Å². The number of aromatic carboxylic acids is 1. The van der Waals surface area contributed by atoms with Gasteiger partial charge in [-0.1, -0.05) is 32.8 Å². The van der Waals surface area contributed by atoms with Crippen molar-refractivity contribution >= 4 is 11.9 Å². The number of aryl methyl sites for hydroxylation is 1. The van der Waals surface area contributed by atoms with Gasteiger partial charge in [-0.05, 0) is 42.9 Å². The van der Waals surface area contributed by atoms with E-state index in [2.05, 4.69) is 4.89 Å². The van der Waals surface area contributed by atoms with Crippen LogP contribution in [0.25, 0.3) is 0 Å². The molecule has 0 aliphatic rings. The molecule has 0 saturated heterocycles. The van der Waals surface area contributed by atoms with E-state index in [1.165, 1.54) is 0 Å². The lowest BCUT2D eigenvalue weighted by Crippen LogP contribution is -2.14. The molecule has 116 valence electrons. The summed E-state index contributed by atoms with van der Waals surface area (Å²) in [7, 11) is 0. The van der Waals surface area contributed by atoms with Crippen molar-refractivity contribution in [1.29, 1.82) is 0 Å². The summed E-state index contributed by atoms with van der Waals surface area (Å²) in [6.07, 6.45) is 4.63. The van der Waals surface area contributed by atoms with Gasteiger partial charge in [0, 0.05) is 0 Å². The first kappa shape index (κ1) is 17.2. The minimum absolute atomic E-state index is 0.128. The van der Waals surface area contributed by atoms with Gasteiger partial charge in [-0.3, -0.25) is 4.89 Å². The summed E-state index contributed by atoms with van der Waals surface area (Å²) in [6.45, 7) is 4.03. The first-order chi connectivity index (χ1) is 10.1. The maximum Gasteiger partial charge on any atom is 0.373 e. The lowest BCUT2D eigenvalue weighted by Gasteiger charge is -2.14. The second kappa shape index (κ2) is 8.42. The molecule has 0 unspecified atom stereocenters. The number of carbonyl (C=O) groups excluding carboxylic acids is 1. The highest BCUT2D eigenvalue weighted by Gasteiger charge is 2.22. The van der Waals surface area contributed by atoms with Crippen LogP contribution in [0.2, 0.25) is 0 Å². The number of carboxylic acids is 1. The third-order valence-corrected chi connectivity index (χ3v) is 3.50. The van der Waals surface area contributed by atoms with Crippen LogP contribution in [0.3, 0.4) is 0 Å². The standard InChI is InChI=1S/C16H22O5/c1-3-5-7-11-9-10-13(16(19)21-20)12(8-6-4-2)14(11)15(17)18/h9-10,20H,3-8H2,1-2H3,(H,17,18). The number of unbranched alkanes of at least 4 members (excludes halogenated alkanes) is 2. The summed E-state index contributed by atoms with van der Waals surface area (Å²) in [4.78, 5) is 27.0. The SMILES string of the molecule is CCCCc1ccc(C(=O)OO)c(CCCC)c1C(=O)O. The molecule has 0 amide bonds. The molecule has 0 saturated carbocycles. The van der Waals surface area contributed by atoms with E-state index in [1.54, 1.807) is 12.1 Å². The normalized spacial score (nSPS) is 10.4. The van der Waals surface area contributed by atoms with E-state index < -0.39 is 11.9 Å². The highest BCUT2D eigenvalue weighted by atomic mass is 17.1. The minimum atomic E-state index is -1.04. The van der Waals surface area contributed by atoms with E-state index in [-0.39, 0.29) is 11.1 Å². The van der Waals surface area contributed by atoms with E-state index in [1.807, 2.05) is 13.8 Å². The Balaban J connectivity index is 3.38. The summed E-state index contributed by atoms with van der Waals surface area (Å²) in [5.74, 6) is -1.95. The lowest BCUT2D eigenvalue weighted by atomic mass is 9.90. The van der Waals surface area contributed by atoms with Gasteiger partial charge in [0.2, 0.25) is 0 Å². The molecule has 0 radical (unpaired) electrons. The zero-order valence-corrected chi connectivity index (χ0v) is 12.5. The van der Waals surface area contributed by atoms with Crippen LogP contribution in [0.5, 0.6) is 0 Å². The molecule has 0 spiro atoms. The quantitative estimate of drug-likeness (QED) is 0.564. The summed E-state index contributed by atoms with van der Waals surface area (Å²) in [5, 5.41) is 18.1. The van der Waals surface area contributed by atoms with Crippen LogP contribution in [0.1, 0.15) is 71.4 Å². The van der Waals surface area contributed by atoms with Crippen LogP contribution in [-0.2, 0) is 17.7 Å². The second-order valence-corrected chi connectivity index (χ2v) is 5.02. The largest absolute Gasteiger partial charge is 0.478 e. The highest BCUT2D eigenvalue weighted by Crippen LogP contribution is 2.24. The molecule has 21 heavy (non-hydrogen) atoms. The number of carbonyl (C=O) groups is 2. The fourth-order valence-corrected chi connectivity index (χ4v) is 2.39. The third kappa shape index (κ3) is 4.29. The van der Waals surface area contributed by atoms with Gasteiger partial charge in [0.25, 0.3) is 0 Å². The van der Waals surface area contributed by atoms with E-state index in [9.17, 15) is 14.7 Å². The number of benzene rings is 1. The van der Waals surface area contributed by atoms with Crippen molar-refractivity contribution in [2.75, 3.05) is 0 Å². The van der Waals surface area contributed by atoms with Crippen LogP contribution in [0.4, 0.5) is 0 Å². The lowest BCUT2D eigenvalue weighted by molar-refractivity contribution is -0.182. The van der Waals surface area contributed by atoms with E-state index in [0.29, 0.717) is 18.4 Å². The maximum absolute atomic E-state index is 11.6. The molecule has 0 aliphatic carbocycles. The molecule has 0 aromatic heterocycles. The molecule has 0 heterocycles. The molecule has 5 heteroatoms. The van der Waals surface area contributed by atoms with Crippen molar-refractivity contribution in [3.05, 3.63) is 34.4 Å². The Morgan fingerprint density at radius 2 is 1.71 bits per heavy atom. The Morgan fingerprint density at radius 3 is 2.24 bits per heavy atom. The van der Waals surface area contributed by atoms with Crippen LogP contribution in [0, 0.1) is 0 Å². The zero-order chi connectivity index (χ0) is 15.8. The molecule has 0 atom stereocenters. The molecule has 0 aliphatic heterocycles. The Labute approximate surface area is 124 Å². The molecule has 5 nitrogen and oxygen atoms in total. The van der Waals surface area contributed by atoms with E-state index in [4.69, 9.17) is 5.26 Å². The zero-order valence-electron chi connectivity index (χ0n) is 12.5. The van der Waals surface area contributed by atoms with Crippen molar-refractivity contribution in [3.63, 3.8) is 0 Å². The second-order valence-electron chi connectivity index (χ2n) is 5.02. The third-order valence-electron chi connectivity index (χ3n) is 3.50. The smallest absolute Gasteiger partial charge is 0.373 e. The monoisotopic (exact) mass is 294 g/mol. The topological polar surface area (TPSA) is 83.8 Å². The Bertz CT molecular complexity index is 508. The summed E-state index contributed by atoms with van der Waals surface area (Å²) in [5.41, 5.74) is 1.49. The fraction of sp³-hybridized carbons (Fsp3) is 0.500. The van der Waals surface area contributed by atoms with Crippen LogP contribution >= 0.6 is 0 Å². The fourth-order valence-electron chi connectivity index (χ4n) is 2.39. The number of carboxylic acid groups (broad SMARTS) is 1. The highest BCUT2D eigenvalue weighted by molar-refractivity contribution is 5.98. The summed E-state index contributed by atoms with van der Waals surface area (Å²) < 4.78 is 0. The number of hydrogen-bond donors (Lipinski definition) is 2. The Hall–Kier alpha value is -1.88. The van der Waals surface area contributed by atoms with Gasteiger partial charge in [-0.15, -0.1) is 0 Å². The first-order valence-electron chi connectivity index (χ1n) is 7.30. The molecular weight excluding hydrogens is 272 g/mol. The Kier molecular flexibility index (Phi) is 6.88. The molecule has 0 bridgehead atoms. The van der Waals surface area contributed by atoms with Crippen molar-refractivity contribution in [2.45, 2.75) is 52.4 Å². The molecular formula is C16H22O5. The van der Waals surface area contributed by atoms with E-state index >= 15 is 0 Å². The molecule has 1 rings (SSSR count). The van der Waals surface area contributed by atoms with Crippen LogP contribution in [-0.4, -0.2) is 22.3 Å². The maximum atomic E-state index is 11.6. The van der Waals surface area contributed by atoms with Gasteiger partial charge in [0.1, 0.15) is 0 Å². The summed E-state index contributed by atoms with van der Waals surface area (Å²) >= 11 is 0. The van der Waals surface area contributed by atoms with Crippen molar-refractivity contribution in [3.8, 4) is 0 Å². The van der Waals surface area contributed by atoms with E-state index in [0.717, 1.165) is 31.2 Å².